The van der Waals surface area contributed by atoms with Crippen LogP contribution < -0.4 is 5.73 Å². The summed E-state index contributed by atoms with van der Waals surface area (Å²) in [4.78, 5) is 14.7. The molecule has 0 aromatic heterocycles. The van der Waals surface area contributed by atoms with Crippen LogP contribution in [0.2, 0.25) is 0 Å². The van der Waals surface area contributed by atoms with Crippen molar-refractivity contribution < 1.29 is 4.79 Å². The van der Waals surface area contributed by atoms with Crippen LogP contribution in [0.1, 0.15) is 60.8 Å². The lowest BCUT2D eigenvalue weighted by atomic mass is 9.74. The molecule has 0 aliphatic carbocycles. The fraction of sp³-hybridized carbons (Fsp3) is 0.933. The first-order valence-electron chi connectivity index (χ1n) is 7.06. The summed E-state index contributed by atoms with van der Waals surface area (Å²) >= 11 is 0. The van der Waals surface area contributed by atoms with Crippen LogP contribution in [0, 0.1) is 10.8 Å². The van der Waals surface area contributed by atoms with Crippen molar-refractivity contribution in [2.24, 2.45) is 16.6 Å². The van der Waals surface area contributed by atoms with Gasteiger partial charge < -0.3 is 10.6 Å². The van der Waals surface area contributed by atoms with E-state index < -0.39 is 11.0 Å². The SMILES string of the molecule is CC1(C)CCCN(C(=O)C(C)(C)C(C)(C)N)CC1. The molecule has 1 fully saturated rings. The van der Waals surface area contributed by atoms with E-state index in [1.54, 1.807) is 0 Å². The van der Waals surface area contributed by atoms with Crippen molar-refractivity contribution in [1.82, 2.24) is 4.90 Å². The molecule has 3 heteroatoms. The molecule has 1 aliphatic rings. The largest absolute Gasteiger partial charge is 0.342 e. The molecule has 0 bridgehead atoms. The van der Waals surface area contributed by atoms with Gasteiger partial charge in [-0.05, 0) is 52.4 Å². The fourth-order valence-electron chi connectivity index (χ4n) is 2.30. The fourth-order valence-corrected chi connectivity index (χ4v) is 2.30. The molecule has 18 heavy (non-hydrogen) atoms. The molecule has 1 rings (SSSR count). The summed E-state index contributed by atoms with van der Waals surface area (Å²) in [6, 6.07) is 0. The minimum Gasteiger partial charge on any atom is -0.342 e. The van der Waals surface area contributed by atoms with Gasteiger partial charge in [-0.2, -0.15) is 0 Å². The van der Waals surface area contributed by atoms with Crippen molar-refractivity contribution in [2.75, 3.05) is 13.1 Å². The van der Waals surface area contributed by atoms with E-state index in [0.29, 0.717) is 5.41 Å². The Kier molecular flexibility index (Phi) is 4.16. The number of hydrogen-bond donors (Lipinski definition) is 1. The standard InChI is InChI=1S/C15H30N2O/c1-13(2)8-7-10-17(11-9-13)12(18)14(3,4)15(5,6)16/h7-11,16H2,1-6H3. The molecule has 1 amide bonds. The van der Waals surface area contributed by atoms with Gasteiger partial charge in [-0.1, -0.05) is 13.8 Å². The summed E-state index contributed by atoms with van der Waals surface area (Å²) in [6.45, 7) is 14.1. The van der Waals surface area contributed by atoms with Crippen molar-refractivity contribution in [1.29, 1.82) is 0 Å². The first-order valence-corrected chi connectivity index (χ1v) is 7.06. The number of rotatable bonds is 2. The molecule has 1 heterocycles. The minimum absolute atomic E-state index is 0.202. The Labute approximate surface area is 112 Å². The van der Waals surface area contributed by atoms with E-state index in [4.69, 9.17) is 5.73 Å². The van der Waals surface area contributed by atoms with E-state index in [2.05, 4.69) is 13.8 Å². The summed E-state index contributed by atoms with van der Waals surface area (Å²) < 4.78 is 0. The zero-order chi connectivity index (χ0) is 14.2. The van der Waals surface area contributed by atoms with Gasteiger partial charge in [-0.3, -0.25) is 4.79 Å². The van der Waals surface area contributed by atoms with Crippen molar-refractivity contribution in [3.8, 4) is 0 Å². The minimum atomic E-state index is -0.512. The second kappa shape index (κ2) is 4.84. The second-order valence-electron chi connectivity index (χ2n) is 7.66. The lowest BCUT2D eigenvalue weighted by Crippen LogP contribution is -2.56. The Bertz CT molecular complexity index is 313. The number of nitrogens with zero attached hydrogens (tertiary/aromatic N) is 1. The van der Waals surface area contributed by atoms with Crippen molar-refractivity contribution in [2.45, 2.75) is 66.3 Å². The molecular weight excluding hydrogens is 224 g/mol. The molecular formula is C15H30N2O. The maximum Gasteiger partial charge on any atom is 0.230 e. The number of nitrogens with two attached hydrogens (primary N) is 1. The van der Waals surface area contributed by atoms with Gasteiger partial charge in [0.2, 0.25) is 5.91 Å². The summed E-state index contributed by atoms with van der Waals surface area (Å²) in [6.07, 6.45) is 3.38. The first kappa shape index (κ1) is 15.5. The molecule has 0 radical (unpaired) electrons. The molecule has 0 spiro atoms. The molecule has 106 valence electrons. The van der Waals surface area contributed by atoms with Crippen LogP contribution in [-0.2, 0) is 4.79 Å². The normalized spacial score (nSPS) is 21.6. The summed E-state index contributed by atoms with van der Waals surface area (Å²) in [5, 5.41) is 0. The van der Waals surface area contributed by atoms with E-state index in [9.17, 15) is 4.79 Å². The van der Waals surface area contributed by atoms with Crippen LogP contribution in [0.3, 0.4) is 0 Å². The van der Waals surface area contributed by atoms with Crippen molar-refractivity contribution in [3.05, 3.63) is 0 Å². The highest BCUT2D eigenvalue weighted by Crippen LogP contribution is 2.34. The van der Waals surface area contributed by atoms with Crippen molar-refractivity contribution >= 4 is 5.91 Å². The Hall–Kier alpha value is -0.570. The molecule has 1 saturated heterocycles. The van der Waals surface area contributed by atoms with Crippen LogP contribution in [0.5, 0.6) is 0 Å². The summed E-state index contributed by atoms with van der Waals surface area (Å²) in [5.74, 6) is 0.202. The van der Waals surface area contributed by atoms with Gasteiger partial charge in [-0.15, -0.1) is 0 Å². The lowest BCUT2D eigenvalue weighted by molar-refractivity contribution is -0.143. The van der Waals surface area contributed by atoms with E-state index in [1.807, 2.05) is 32.6 Å². The average Bonchev–Trinajstić information content (AvgIpc) is 2.36. The Morgan fingerprint density at radius 1 is 1.11 bits per heavy atom. The highest BCUT2D eigenvalue weighted by molar-refractivity contribution is 5.83. The van der Waals surface area contributed by atoms with Crippen LogP contribution >= 0.6 is 0 Å². The monoisotopic (exact) mass is 254 g/mol. The van der Waals surface area contributed by atoms with Gasteiger partial charge in [0.1, 0.15) is 0 Å². The smallest absolute Gasteiger partial charge is 0.230 e. The molecule has 0 aromatic carbocycles. The quantitative estimate of drug-likeness (QED) is 0.823. The lowest BCUT2D eigenvalue weighted by Gasteiger charge is -2.40. The predicted molar refractivity (Wildman–Crippen MR) is 76.3 cm³/mol. The van der Waals surface area contributed by atoms with E-state index in [0.717, 1.165) is 25.9 Å². The number of carbonyl (C=O) groups is 1. The molecule has 0 aromatic rings. The Morgan fingerprint density at radius 2 is 1.67 bits per heavy atom. The third kappa shape index (κ3) is 3.25. The zero-order valence-electron chi connectivity index (χ0n) is 13.0. The van der Waals surface area contributed by atoms with Crippen LogP contribution in [0.25, 0.3) is 0 Å². The van der Waals surface area contributed by atoms with Crippen LogP contribution in [0.15, 0.2) is 0 Å². The zero-order valence-corrected chi connectivity index (χ0v) is 13.0. The van der Waals surface area contributed by atoms with Crippen molar-refractivity contribution in [3.63, 3.8) is 0 Å². The van der Waals surface area contributed by atoms with Gasteiger partial charge in [0.05, 0.1) is 5.41 Å². The van der Waals surface area contributed by atoms with Crippen LogP contribution in [0.4, 0.5) is 0 Å². The van der Waals surface area contributed by atoms with E-state index in [1.165, 1.54) is 6.42 Å². The maximum atomic E-state index is 12.7. The molecule has 0 unspecified atom stereocenters. The van der Waals surface area contributed by atoms with Gasteiger partial charge in [0, 0.05) is 18.6 Å². The summed E-state index contributed by atoms with van der Waals surface area (Å²) in [5.41, 5.74) is 5.52. The highest BCUT2D eigenvalue weighted by atomic mass is 16.2. The third-order valence-corrected chi connectivity index (χ3v) is 4.77. The number of likely N-dealkylation sites (tertiary alicyclic amines) is 1. The Morgan fingerprint density at radius 3 is 2.17 bits per heavy atom. The molecule has 2 N–H and O–H groups in total. The number of amides is 1. The average molecular weight is 254 g/mol. The van der Waals surface area contributed by atoms with Gasteiger partial charge in [-0.25, -0.2) is 0 Å². The maximum absolute atomic E-state index is 12.7. The number of hydrogen-bond acceptors (Lipinski definition) is 2. The molecule has 0 atom stereocenters. The third-order valence-electron chi connectivity index (χ3n) is 4.77. The summed E-state index contributed by atoms with van der Waals surface area (Å²) in [7, 11) is 0. The highest BCUT2D eigenvalue weighted by Gasteiger charge is 2.43. The van der Waals surface area contributed by atoms with Gasteiger partial charge >= 0.3 is 0 Å². The second-order valence-corrected chi connectivity index (χ2v) is 7.66. The predicted octanol–water partition coefficient (Wildman–Crippen LogP) is 2.79. The molecule has 0 saturated carbocycles. The topological polar surface area (TPSA) is 46.3 Å². The van der Waals surface area contributed by atoms with Gasteiger partial charge in [0.25, 0.3) is 0 Å². The van der Waals surface area contributed by atoms with E-state index in [-0.39, 0.29) is 5.91 Å². The molecule has 3 nitrogen and oxygen atoms in total. The number of carbonyl (C=O) groups excluding carboxylic acids is 1. The van der Waals surface area contributed by atoms with E-state index >= 15 is 0 Å². The van der Waals surface area contributed by atoms with Gasteiger partial charge in [0.15, 0.2) is 0 Å². The first-order chi connectivity index (χ1) is 7.97. The molecule has 1 aliphatic heterocycles. The van der Waals surface area contributed by atoms with Crippen LogP contribution in [-0.4, -0.2) is 29.4 Å². The Balaban J connectivity index is 2.79.